The molecule has 3 aliphatic carbocycles. The van der Waals surface area contributed by atoms with Gasteiger partial charge in [0.2, 0.25) is 0 Å². The van der Waals surface area contributed by atoms with Gasteiger partial charge >= 0.3 is 0 Å². The molecule has 39 heavy (non-hydrogen) atoms. The Hall–Kier alpha value is -3.84. The van der Waals surface area contributed by atoms with Gasteiger partial charge in [0.25, 0.3) is 0 Å². The Bertz CT molecular complexity index is 1650. The van der Waals surface area contributed by atoms with Gasteiger partial charge in [-0.15, -0.1) is 0 Å². The third-order valence-electron chi connectivity index (χ3n) is 10.3. The van der Waals surface area contributed by atoms with E-state index in [0.29, 0.717) is 0 Å². The first-order valence-corrected chi connectivity index (χ1v) is 14.7. The molecule has 8 rings (SSSR count). The molecule has 0 aromatic heterocycles. The maximum absolute atomic E-state index is 3.81. The lowest BCUT2D eigenvalue weighted by Gasteiger charge is -2.65. The van der Waals surface area contributed by atoms with Crippen LogP contribution in [0.2, 0.25) is 0 Å². The van der Waals surface area contributed by atoms with E-state index < -0.39 is 0 Å². The van der Waals surface area contributed by atoms with Gasteiger partial charge in [-0.25, -0.2) is 0 Å². The Labute approximate surface area is 231 Å². The van der Waals surface area contributed by atoms with Crippen molar-refractivity contribution in [3.63, 3.8) is 0 Å². The second kappa shape index (κ2) is 8.85. The predicted molar refractivity (Wildman–Crippen MR) is 164 cm³/mol. The summed E-state index contributed by atoms with van der Waals surface area (Å²) in [6.45, 7) is 2.53. The van der Waals surface area contributed by atoms with Crippen LogP contribution in [0.5, 0.6) is 0 Å². The normalized spacial score (nSPS) is 26.8. The monoisotopic (exact) mass is 505 g/mol. The molecular weight excluding hydrogens is 470 g/mol. The zero-order valence-electron chi connectivity index (χ0n) is 22.6. The predicted octanol–water partition coefficient (Wildman–Crippen LogP) is 10.2. The van der Waals surface area contributed by atoms with E-state index in [2.05, 4.69) is 128 Å². The van der Waals surface area contributed by atoms with Crippen LogP contribution in [0.4, 0.5) is 11.4 Å². The smallest absolute Gasteiger partial charge is 0.0422 e. The molecule has 0 amide bonds. The van der Waals surface area contributed by atoms with Gasteiger partial charge in [0.15, 0.2) is 0 Å². The lowest BCUT2D eigenvalue weighted by molar-refractivity contribution is -0.141. The number of fused-ring (bicyclic) bond motifs is 1. The highest BCUT2D eigenvalue weighted by atomic mass is 14.9. The summed E-state index contributed by atoms with van der Waals surface area (Å²) in [6.07, 6.45) is 5.67. The van der Waals surface area contributed by atoms with Crippen LogP contribution in [0.3, 0.4) is 0 Å². The van der Waals surface area contributed by atoms with Gasteiger partial charge in [-0.3, -0.25) is 0 Å². The fourth-order valence-electron chi connectivity index (χ4n) is 8.59. The van der Waals surface area contributed by atoms with Crippen molar-refractivity contribution < 1.29 is 0 Å². The van der Waals surface area contributed by atoms with Crippen molar-refractivity contribution in [2.24, 2.45) is 23.7 Å². The van der Waals surface area contributed by atoms with Crippen LogP contribution in [0, 0.1) is 23.7 Å². The molecule has 1 heteroatoms. The van der Waals surface area contributed by atoms with Gasteiger partial charge in [0.05, 0.1) is 0 Å². The van der Waals surface area contributed by atoms with E-state index in [4.69, 9.17) is 0 Å². The molecule has 3 aliphatic rings. The van der Waals surface area contributed by atoms with Gasteiger partial charge in [-0.1, -0.05) is 104 Å². The number of rotatable bonds is 5. The molecule has 5 atom stereocenters. The summed E-state index contributed by atoms with van der Waals surface area (Å²) in [5.41, 5.74) is 9.28. The summed E-state index contributed by atoms with van der Waals surface area (Å²) in [5.74, 6) is 4.05. The molecule has 0 saturated heterocycles. The molecule has 4 unspecified atom stereocenters. The third-order valence-corrected chi connectivity index (χ3v) is 10.3. The van der Waals surface area contributed by atoms with E-state index in [1.807, 2.05) is 0 Å². The van der Waals surface area contributed by atoms with E-state index in [9.17, 15) is 0 Å². The van der Waals surface area contributed by atoms with Gasteiger partial charge in [-0.2, -0.15) is 0 Å². The number of nitrogens with one attached hydrogen (secondary N) is 1. The van der Waals surface area contributed by atoms with Gasteiger partial charge < -0.3 is 5.32 Å². The quantitative estimate of drug-likeness (QED) is 0.250. The van der Waals surface area contributed by atoms with Crippen molar-refractivity contribution >= 4 is 22.1 Å². The van der Waals surface area contributed by atoms with Crippen LogP contribution in [-0.2, 0) is 5.41 Å². The molecule has 0 heterocycles. The number of anilines is 2. The summed E-state index contributed by atoms with van der Waals surface area (Å²) in [6, 6.07) is 42.1. The number of para-hydroxylation sites is 1. The average molecular weight is 506 g/mol. The molecule has 3 saturated carbocycles. The standard InChI is InChI=1S/C38H35N/c1-38(23-28-21-27-22-29(24-38)37(27)28)35-13-7-8-14-36(35)39-30-17-15-26(16-18-30)32-20-19-31(25-9-3-2-4-10-25)33-11-5-6-12-34(32)33/h2-20,27-29,37,39H,21-24H2,1H3/t27?,28-,29?,37?,38?/m1/s1. The summed E-state index contributed by atoms with van der Waals surface area (Å²) >= 11 is 0. The van der Waals surface area contributed by atoms with Crippen LogP contribution < -0.4 is 5.32 Å². The van der Waals surface area contributed by atoms with E-state index in [-0.39, 0.29) is 5.41 Å². The highest BCUT2D eigenvalue weighted by molar-refractivity contribution is 6.05. The van der Waals surface area contributed by atoms with Crippen molar-refractivity contribution in [1.29, 1.82) is 0 Å². The summed E-state index contributed by atoms with van der Waals surface area (Å²) < 4.78 is 0. The zero-order chi connectivity index (χ0) is 26.0. The Kier molecular flexibility index (Phi) is 5.24. The topological polar surface area (TPSA) is 12.0 Å². The van der Waals surface area contributed by atoms with E-state index in [0.717, 1.165) is 29.4 Å². The van der Waals surface area contributed by atoms with Crippen molar-refractivity contribution in [2.75, 3.05) is 5.32 Å². The highest BCUT2D eigenvalue weighted by Gasteiger charge is 2.59. The summed E-state index contributed by atoms with van der Waals surface area (Å²) in [7, 11) is 0. The molecular formula is C38H35N. The van der Waals surface area contributed by atoms with Crippen LogP contribution in [0.1, 0.15) is 38.2 Å². The summed E-state index contributed by atoms with van der Waals surface area (Å²) in [5, 5.41) is 6.40. The van der Waals surface area contributed by atoms with Crippen molar-refractivity contribution in [2.45, 2.75) is 38.0 Å². The Morgan fingerprint density at radius 2 is 1.13 bits per heavy atom. The molecule has 0 bridgehead atoms. The van der Waals surface area contributed by atoms with Crippen LogP contribution in [0.25, 0.3) is 33.0 Å². The fraction of sp³-hybridized carbons (Fsp3) is 0.263. The molecule has 1 N–H and O–H groups in total. The van der Waals surface area contributed by atoms with Crippen molar-refractivity contribution in [3.8, 4) is 22.3 Å². The molecule has 5 aromatic rings. The molecule has 192 valence electrons. The van der Waals surface area contributed by atoms with E-state index >= 15 is 0 Å². The minimum atomic E-state index is 0.278. The summed E-state index contributed by atoms with van der Waals surface area (Å²) in [4.78, 5) is 0. The molecule has 0 spiro atoms. The minimum absolute atomic E-state index is 0.278. The van der Waals surface area contributed by atoms with E-state index in [1.165, 1.54) is 70.0 Å². The first-order valence-electron chi connectivity index (χ1n) is 14.7. The first kappa shape index (κ1) is 23.1. The Morgan fingerprint density at radius 3 is 1.77 bits per heavy atom. The molecule has 3 fully saturated rings. The SMILES string of the molecule is CC1(c2ccccc2Nc2ccc(-c3ccc(-c4ccccc4)c4ccccc34)cc2)CC2CC3C[C@H](C1)C32. The molecule has 5 aromatic carbocycles. The van der Waals surface area contributed by atoms with Crippen molar-refractivity contribution in [3.05, 3.63) is 121 Å². The maximum atomic E-state index is 3.81. The number of hydrogen-bond donors (Lipinski definition) is 1. The highest BCUT2D eigenvalue weighted by Crippen LogP contribution is 2.67. The van der Waals surface area contributed by atoms with Crippen LogP contribution in [-0.4, -0.2) is 0 Å². The first-order chi connectivity index (χ1) is 19.2. The van der Waals surface area contributed by atoms with Crippen molar-refractivity contribution in [1.82, 2.24) is 0 Å². The average Bonchev–Trinajstić information content (AvgIpc) is 2.95. The van der Waals surface area contributed by atoms with Crippen LogP contribution >= 0.6 is 0 Å². The van der Waals surface area contributed by atoms with Gasteiger partial charge in [-0.05, 0) is 112 Å². The Balaban J connectivity index is 1.09. The largest absolute Gasteiger partial charge is 0.355 e. The molecule has 0 radical (unpaired) electrons. The van der Waals surface area contributed by atoms with E-state index in [1.54, 1.807) is 0 Å². The lowest BCUT2D eigenvalue weighted by Crippen LogP contribution is -2.58. The second-order valence-electron chi connectivity index (χ2n) is 12.6. The lowest BCUT2D eigenvalue weighted by atomic mass is 9.39. The fourth-order valence-corrected chi connectivity index (χ4v) is 8.59. The second-order valence-corrected chi connectivity index (χ2v) is 12.6. The molecule has 1 nitrogen and oxygen atoms in total. The third kappa shape index (κ3) is 3.74. The number of benzene rings is 5. The maximum Gasteiger partial charge on any atom is 0.0422 e. The zero-order valence-corrected chi connectivity index (χ0v) is 22.6. The van der Waals surface area contributed by atoms with Gasteiger partial charge in [0.1, 0.15) is 0 Å². The van der Waals surface area contributed by atoms with Gasteiger partial charge in [0, 0.05) is 11.4 Å². The number of hydrogen-bond acceptors (Lipinski definition) is 1. The molecule has 0 aliphatic heterocycles. The van der Waals surface area contributed by atoms with Crippen LogP contribution in [0.15, 0.2) is 115 Å². The minimum Gasteiger partial charge on any atom is -0.355 e. The Morgan fingerprint density at radius 1 is 0.564 bits per heavy atom.